The van der Waals surface area contributed by atoms with Crippen molar-refractivity contribution in [1.29, 1.82) is 0 Å². The van der Waals surface area contributed by atoms with Crippen molar-refractivity contribution in [3.05, 3.63) is 0 Å². The van der Waals surface area contributed by atoms with E-state index in [1.54, 1.807) is 13.8 Å². The maximum absolute atomic E-state index is 10.4. The number of hydrogen-bond acceptors (Lipinski definition) is 5. The summed E-state index contributed by atoms with van der Waals surface area (Å²) in [6.07, 6.45) is 1.54. The van der Waals surface area contributed by atoms with Gasteiger partial charge in [-0.05, 0) is 24.7 Å². The van der Waals surface area contributed by atoms with E-state index in [4.69, 9.17) is 26.4 Å². The summed E-state index contributed by atoms with van der Waals surface area (Å²) in [7, 11) is 0. The number of carbonyl (C=O) groups is 2. The molecule has 7 heteroatoms. The summed E-state index contributed by atoms with van der Waals surface area (Å²) in [5.74, 6) is -1.72. The lowest BCUT2D eigenvalue weighted by molar-refractivity contribution is -0.141. The Bertz CT molecular complexity index is 290. The van der Waals surface area contributed by atoms with Crippen molar-refractivity contribution in [3.63, 3.8) is 0 Å². The number of carboxylic acid groups (broad SMARTS) is 2. The SMILES string of the molecule is CC(C)[C@H](N)C(=O)O.N[C@H](C(=O)O)C1CCOCC1. The first-order valence-corrected chi connectivity index (χ1v) is 6.31. The van der Waals surface area contributed by atoms with Crippen LogP contribution in [0.5, 0.6) is 0 Å². The van der Waals surface area contributed by atoms with Crippen molar-refractivity contribution >= 4 is 11.9 Å². The van der Waals surface area contributed by atoms with E-state index in [9.17, 15) is 9.59 Å². The molecule has 0 bridgehead atoms. The molecule has 1 saturated heterocycles. The third-order valence-corrected chi connectivity index (χ3v) is 3.06. The number of rotatable bonds is 4. The molecule has 1 aliphatic heterocycles. The van der Waals surface area contributed by atoms with Crippen LogP contribution in [-0.4, -0.2) is 47.4 Å². The first-order valence-electron chi connectivity index (χ1n) is 6.31. The second-order valence-electron chi connectivity index (χ2n) is 4.92. The van der Waals surface area contributed by atoms with Gasteiger partial charge in [0, 0.05) is 13.2 Å². The van der Waals surface area contributed by atoms with Gasteiger partial charge in [-0.25, -0.2) is 0 Å². The van der Waals surface area contributed by atoms with Gasteiger partial charge in [0.15, 0.2) is 0 Å². The zero-order valence-electron chi connectivity index (χ0n) is 11.4. The predicted octanol–water partition coefficient (Wildman–Crippen LogP) is -0.121. The molecule has 19 heavy (non-hydrogen) atoms. The zero-order chi connectivity index (χ0) is 15.0. The number of aliphatic carboxylic acids is 2. The average molecular weight is 276 g/mol. The molecule has 7 nitrogen and oxygen atoms in total. The first kappa shape index (κ1) is 17.8. The Morgan fingerprint density at radius 3 is 1.84 bits per heavy atom. The molecule has 0 spiro atoms. The topological polar surface area (TPSA) is 136 Å². The first-order chi connectivity index (χ1) is 8.77. The van der Waals surface area contributed by atoms with Crippen LogP contribution in [0, 0.1) is 11.8 Å². The molecule has 0 aliphatic carbocycles. The van der Waals surface area contributed by atoms with Gasteiger partial charge in [-0.1, -0.05) is 13.8 Å². The van der Waals surface area contributed by atoms with Crippen molar-refractivity contribution in [2.24, 2.45) is 23.3 Å². The van der Waals surface area contributed by atoms with E-state index in [0.29, 0.717) is 13.2 Å². The molecule has 2 atom stereocenters. The van der Waals surface area contributed by atoms with Gasteiger partial charge in [0.1, 0.15) is 12.1 Å². The van der Waals surface area contributed by atoms with E-state index in [2.05, 4.69) is 0 Å². The highest BCUT2D eigenvalue weighted by molar-refractivity contribution is 5.73. The van der Waals surface area contributed by atoms with Crippen LogP contribution in [0.4, 0.5) is 0 Å². The van der Waals surface area contributed by atoms with Crippen LogP contribution < -0.4 is 11.5 Å². The molecule has 0 amide bonds. The fraction of sp³-hybridized carbons (Fsp3) is 0.833. The van der Waals surface area contributed by atoms with E-state index < -0.39 is 24.0 Å². The maximum atomic E-state index is 10.4. The van der Waals surface area contributed by atoms with Gasteiger partial charge >= 0.3 is 11.9 Å². The standard InChI is InChI=1S/C7H13NO3.C5H11NO2/c8-6(7(9)10)5-1-3-11-4-2-5;1-3(2)4(6)5(7)8/h5-6H,1-4,8H2,(H,9,10);3-4H,6H2,1-2H3,(H,7,8)/t6-;4-/m00/s1. The van der Waals surface area contributed by atoms with Crippen LogP contribution in [0.3, 0.4) is 0 Å². The molecule has 0 aromatic rings. The Hall–Kier alpha value is -1.18. The Morgan fingerprint density at radius 2 is 1.58 bits per heavy atom. The molecule has 1 fully saturated rings. The van der Waals surface area contributed by atoms with E-state index in [0.717, 1.165) is 12.8 Å². The molecule has 0 aromatic heterocycles. The van der Waals surface area contributed by atoms with Gasteiger partial charge in [-0.2, -0.15) is 0 Å². The van der Waals surface area contributed by atoms with Gasteiger partial charge < -0.3 is 26.4 Å². The maximum Gasteiger partial charge on any atom is 0.320 e. The minimum atomic E-state index is -0.931. The molecule has 1 aliphatic rings. The monoisotopic (exact) mass is 276 g/mol. The summed E-state index contributed by atoms with van der Waals surface area (Å²) >= 11 is 0. The lowest BCUT2D eigenvalue weighted by Gasteiger charge is -2.24. The van der Waals surface area contributed by atoms with Gasteiger partial charge in [0.25, 0.3) is 0 Å². The molecule has 6 N–H and O–H groups in total. The summed E-state index contributed by atoms with van der Waals surface area (Å²) in [5, 5.41) is 16.8. The van der Waals surface area contributed by atoms with Crippen molar-refractivity contribution in [1.82, 2.24) is 0 Å². The average Bonchev–Trinajstić information content (AvgIpc) is 2.38. The van der Waals surface area contributed by atoms with Crippen molar-refractivity contribution in [2.75, 3.05) is 13.2 Å². The number of nitrogens with two attached hydrogens (primary N) is 2. The van der Waals surface area contributed by atoms with Gasteiger partial charge in [-0.3, -0.25) is 9.59 Å². The van der Waals surface area contributed by atoms with Crippen LogP contribution in [0.1, 0.15) is 26.7 Å². The summed E-state index contributed by atoms with van der Waals surface area (Å²) in [5.41, 5.74) is 10.6. The van der Waals surface area contributed by atoms with E-state index in [-0.39, 0.29) is 11.8 Å². The Balaban J connectivity index is 0.000000362. The third-order valence-electron chi connectivity index (χ3n) is 3.06. The largest absolute Gasteiger partial charge is 0.480 e. The smallest absolute Gasteiger partial charge is 0.320 e. The summed E-state index contributed by atoms with van der Waals surface area (Å²) in [4.78, 5) is 20.4. The number of hydrogen-bond donors (Lipinski definition) is 4. The van der Waals surface area contributed by atoms with Gasteiger partial charge in [-0.15, -0.1) is 0 Å². The second-order valence-corrected chi connectivity index (χ2v) is 4.92. The number of ether oxygens (including phenoxy) is 1. The Labute approximate surface area is 112 Å². The van der Waals surface area contributed by atoms with Crippen LogP contribution in [0.15, 0.2) is 0 Å². The molecule has 0 unspecified atom stereocenters. The molecule has 1 heterocycles. The fourth-order valence-electron chi connectivity index (χ4n) is 1.56. The Kier molecular flexibility index (Phi) is 8.29. The lowest BCUT2D eigenvalue weighted by Crippen LogP contribution is -2.40. The molecule has 0 aromatic carbocycles. The lowest BCUT2D eigenvalue weighted by atomic mass is 9.92. The van der Waals surface area contributed by atoms with Crippen LogP contribution in [0.2, 0.25) is 0 Å². The van der Waals surface area contributed by atoms with Crippen LogP contribution in [-0.2, 0) is 14.3 Å². The normalized spacial score (nSPS) is 19.2. The van der Waals surface area contributed by atoms with Crippen molar-refractivity contribution in [2.45, 2.75) is 38.8 Å². The summed E-state index contributed by atoms with van der Waals surface area (Å²) < 4.78 is 5.08. The number of carboxylic acids is 2. The highest BCUT2D eigenvalue weighted by Gasteiger charge is 2.25. The summed E-state index contributed by atoms with van der Waals surface area (Å²) in [6, 6.07) is -1.42. The molecule has 0 saturated carbocycles. The molecular formula is C12H24N2O5. The van der Waals surface area contributed by atoms with E-state index >= 15 is 0 Å². The van der Waals surface area contributed by atoms with Crippen molar-refractivity contribution in [3.8, 4) is 0 Å². The van der Waals surface area contributed by atoms with Crippen LogP contribution >= 0.6 is 0 Å². The Morgan fingerprint density at radius 1 is 1.11 bits per heavy atom. The highest BCUT2D eigenvalue weighted by Crippen LogP contribution is 2.17. The van der Waals surface area contributed by atoms with Crippen LogP contribution in [0.25, 0.3) is 0 Å². The third kappa shape index (κ3) is 7.09. The minimum absolute atomic E-state index is 0.0208. The predicted molar refractivity (Wildman–Crippen MR) is 69.6 cm³/mol. The van der Waals surface area contributed by atoms with E-state index in [1.807, 2.05) is 0 Å². The van der Waals surface area contributed by atoms with Gasteiger partial charge in [0.2, 0.25) is 0 Å². The second kappa shape index (κ2) is 8.84. The van der Waals surface area contributed by atoms with E-state index in [1.165, 1.54) is 0 Å². The molecular weight excluding hydrogens is 252 g/mol. The quantitative estimate of drug-likeness (QED) is 0.562. The molecule has 0 radical (unpaired) electrons. The minimum Gasteiger partial charge on any atom is -0.480 e. The fourth-order valence-corrected chi connectivity index (χ4v) is 1.56. The zero-order valence-corrected chi connectivity index (χ0v) is 11.4. The highest BCUT2D eigenvalue weighted by atomic mass is 16.5. The molecule has 1 rings (SSSR count). The van der Waals surface area contributed by atoms with Crippen molar-refractivity contribution < 1.29 is 24.5 Å². The summed E-state index contributed by atoms with van der Waals surface area (Å²) in [6.45, 7) is 4.84. The van der Waals surface area contributed by atoms with Gasteiger partial charge in [0.05, 0.1) is 0 Å². The molecule has 112 valence electrons.